The summed E-state index contributed by atoms with van der Waals surface area (Å²) in [6.45, 7) is 0.474. The van der Waals surface area contributed by atoms with E-state index in [1.54, 1.807) is 0 Å². The number of alkyl halides is 5. The van der Waals surface area contributed by atoms with E-state index >= 15 is 0 Å². The number of ether oxygens (including phenoxy) is 1. The van der Waals surface area contributed by atoms with Gasteiger partial charge < -0.3 is 10.5 Å². The molecule has 1 saturated carbocycles. The van der Waals surface area contributed by atoms with Crippen LogP contribution in [-0.2, 0) is 17.8 Å². The molecule has 1 aliphatic heterocycles. The molecule has 3 aromatic heterocycles. The third-order valence-corrected chi connectivity index (χ3v) is 7.52. The van der Waals surface area contributed by atoms with E-state index in [1.807, 2.05) is 0 Å². The zero-order chi connectivity index (χ0) is 30.8. The van der Waals surface area contributed by atoms with E-state index in [1.165, 1.54) is 24.5 Å². The van der Waals surface area contributed by atoms with Crippen LogP contribution in [0.15, 0.2) is 36.8 Å². The number of fused-ring (bicyclic) bond motifs is 2. The molecule has 1 aromatic carbocycles. The van der Waals surface area contributed by atoms with Crippen molar-refractivity contribution >= 4 is 40.1 Å². The zero-order valence-electron chi connectivity index (χ0n) is 22.2. The molecule has 224 valence electrons. The van der Waals surface area contributed by atoms with Crippen LogP contribution in [0.25, 0.3) is 22.2 Å². The third kappa shape index (κ3) is 5.21. The van der Waals surface area contributed by atoms with Crippen molar-refractivity contribution in [3.63, 3.8) is 0 Å². The number of anilines is 1. The Bertz CT molecular complexity index is 1770. The van der Waals surface area contributed by atoms with Crippen LogP contribution in [0.3, 0.4) is 0 Å². The highest BCUT2D eigenvalue weighted by molar-refractivity contribution is 6.30. The number of nitrogens with zero attached hydrogens (tertiary/aromatic N) is 6. The number of aromatic nitrogens is 5. The fourth-order valence-corrected chi connectivity index (χ4v) is 5.08. The smallest absolute Gasteiger partial charge is 0.423 e. The van der Waals surface area contributed by atoms with E-state index < -0.39 is 42.4 Å². The number of benzene rings is 1. The molecule has 2 N–H and O–H groups in total. The molecule has 1 aliphatic carbocycles. The Morgan fingerprint density at radius 3 is 2.53 bits per heavy atom. The minimum absolute atomic E-state index is 0.0215. The van der Waals surface area contributed by atoms with Crippen LogP contribution >= 0.6 is 11.6 Å². The second kappa shape index (κ2) is 10.1. The topological polar surface area (TPSA) is 129 Å². The monoisotopic (exact) mass is 621 g/mol. The van der Waals surface area contributed by atoms with Crippen LogP contribution in [0.4, 0.5) is 27.6 Å². The molecule has 1 unspecified atom stereocenters. The van der Waals surface area contributed by atoms with Crippen LogP contribution < -0.4 is 15.4 Å². The van der Waals surface area contributed by atoms with Crippen LogP contribution in [0.5, 0.6) is 5.75 Å². The van der Waals surface area contributed by atoms with Crippen LogP contribution in [0.1, 0.15) is 47.7 Å². The van der Waals surface area contributed by atoms with E-state index in [2.05, 4.69) is 20.1 Å². The first-order valence-corrected chi connectivity index (χ1v) is 13.4. The molecular weight excluding hydrogens is 601 g/mol. The largest absolute Gasteiger partial charge is 0.482 e. The van der Waals surface area contributed by atoms with Crippen molar-refractivity contribution < 1.29 is 36.3 Å². The molecule has 10 nitrogen and oxygen atoms in total. The molecule has 43 heavy (non-hydrogen) atoms. The molecule has 0 bridgehead atoms. The number of carbonyl (C=O) groups is 2. The Morgan fingerprint density at radius 1 is 1.21 bits per heavy atom. The quantitative estimate of drug-likeness (QED) is 0.280. The summed E-state index contributed by atoms with van der Waals surface area (Å²) >= 11 is 5.80. The SMILES string of the molecule is CC(n1ncc2c(-c3ccc4c(c3)OC(F)(F)C(=O)N4Cc3ncc(Cl)cn3)c(C(N)=O)c(CC3CC3)nc21)C(F)(F)F. The molecule has 2 aliphatic rings. The maximum atomic E-state index is 14.8. The van der Waals surface area contributed by atoms with Gasteiger partial charge >= 0.3 is 18.2 Å². The van der Waals surface area contributed by atoms with E-state index in [4.69, 9.17) is 22.1 Å². The van der Waals surface area contributed by atoms with Crippen LogP contribution in [-0.4, -0.2) is 48.8 Å². The molecule has 1 atom stereocenters. The van der Waals surface area contributed by atoms with Gasteiger partial charge in [0.05, 0.1) is 34.7 Å². The second-order valence-electron chi connectivity index (χ2n) is 10.4. The molecular formula is C27H21ClF5N7O3. The summed E-state index contributed by atoms with van der Waals surface area (Å²) in [5.74, 6) is -2.82. The average Bonchev–Trinajstić information content (AvgIpc) is 3.65. The number of nitrogens with two attached hydrogens (primary N) is 1. The van der Waals surface area contributed by atoms with Crippen molar-refractivity contribution in [2.75, 3.05) is 4.90 Å². The summed E-state index contributed by atoms with van der Waals surface area (Å²) in [4.78, 5) is 38.5. The van der Waals surface area contributed by atoms with Crippen molar-refractivity contribution in [2.24, 2.45) is 11.7 Å². The van der Waals surface area contributed by atoms with Gasteiger partial charge in [-0.15, -0.1) is 0 Å². The summed E-state index contributed by atoms with van der Waals surface area (Å²) in [6, 6.07) is 1.84. The maximum absolute atomic E-state index is 14.8. The lowest BCUT2D eigenvalue weighted by Gasteiger charge is -2.33. The molecule has 4 aromatic rings. The van der Waals surface area contributed by atoms with Gasteiger partial charge in [-0.1, -0.05) is 17.7 Å². The minimum Gasteiger partial charge on any atom is -0.423 e. The molecule has 2 amide bonds. The van der Waals surface area contributed by atoms with Gasteiger partial charge in [0.25, 0.3) is 5.91 Å². The molecule has 4 heterocycles. The number of carbonyl (C=O) groups excluding carboxylic acids is 2. The normalized spacial score (nSPS) is 17.1. The highest BCUT2D eigenvalue weighted by Crippen LogP contribution is 2.45. The van der Waals surface area contributed by atoms with E-state index in [-0.39, 0.29) is 62.3 Å². The van der Waals surface area contributed by atoms with Gasteiger partial charge in [0.2, 0.25) is 0 Å². The van der Waals surface area contributed by atoms with Crippen LogP contribution in [0, 0.1) is 5.92 Å². The number of amides is 2. The number of rotatable bonds is 7. The summed E-state index contributed by atoms with van der Waals surface area (Å²) in [5.41, 5.74) is 5.86. The number of halogens is 6. The molecule has 1 fully saturated rings. The van der Waals surface area contributed by atoms with Gasteiger partial charge in [0.15, 0.2) is 11.4 Å². The maximum Gasteiger partial charge on any atom is 0.482 e. The molecule has 0 saturated heterocycles. The van der Waals surface area contributed by atoms with Crippen molar-refractivity contribution in [1.29, 1.82) is 0 Å². The fourth-order valence-electron chi connectivity index (χ4n) is 4.98. The van der Waals surface area contributed by atoms with Gasteiger partial charge in [-0.2, -0.15) is 27.1 Å². The number of primary amides is 1. The lowest BCUT2D eigenvalue weighted by atomic mass is 9.93. The van der Waals surface area contributed by atoms with Crippen LogP contribution in [0.2, 0.25) is 5.02 Å². The molecule has 0 radical (unpaired) electrons. The zero-order valence-corrected chi connectivity index (χ0v) is 23.0. The Hall–Kier alpha value is -4.40. The number of hydrogen-bond acceptors (Lipinski definition) is 7. The van der Waals surface area contributed by atoms with Gasteiger partial charge in [-0.3, -0.25) is 14.5 Å². The van der Waals surface area contributed by atoms with Gasteiger partial charge in [0.1, 0.15) is 11.9 Å². The summed E-state index contributed by atoms with van der Waals surface area (Å²) < 4.78 is 76.3. The molecule has 16 heteroatoms. The lowest BCUT2D eigenvalue weighted by Crippen LogP contribution is -2.50. The Kier molecular flexibility index (Phi) is 6.75. The number of pyridine rings is 1. The Balaban J connectivity index is 1.54. The highest BCUT2D eigenvalue weighted by Gasteiger charge is 2.51. The summed E-state index contributed by atoms with van der Waals surface area (Å²) in [6.07, 6.45) is -3.36. The van der Waals surface area contributed by atoms with Crippen molar-refractivity contribution in [3.05, 3.63) is 58.9 Å². The standard InChI is InChI=1S/C27H21ClF5N7O3/c1-12(26(29,30)31)40-24-16(10-37-40)21(22(23(34)41)17(38-24)6-13-2-3-13)14-4-5-18-19(7-14)43-27(32,33)25(42)39(18)11-20-35-8-15(28)9-36-20/h4-5,7-10,12-13H,2-3,6,11H2,1H3,(H2,34,41). The van der Waals surface area contributed by atoms with Gasteiger partial charge in [0, 0.05) is 23.3 Å². The molecule has 0 spiro atoms. The van der Waals surface area contributed by atoms with Crippen molar-refractivity contribution in [2.45, 2.75) is 51.1 Å². The first-order valence-electron chi connectivity index (χ1n) is 13.0. The third-order valence-electron chi connectivity index (χ3n) is 7.33. The van der Waals surface area contributed by atoms with Crippen molar-refractivity contribution in [3.8, 4) is 16.9 Å². The van der Waals surface area contributed by atoms with E-state index in [9.17, 15) is 31.5 Å². The lowest BCUT2D eigenvalue weighted by molar-refractivity contribution is -0.193. The van der Waals surface area contributed by atoms with E-state index in [0.29, 0.717) is 4.68 Å². The second-order valence-corrected chi connectivity index (χ2v) is 10.8. The Morgan fingerprint density at radius 2 is 1.91 bits per heavy atom. The minimum atomic E-state index is -4.66. The first-order chi connectivity index (χ1) is 20.2. The van der Waals surface area contributed by atoms with Crippen molar-refractivity contribution in [1.82, 2.24) is 24.7 Å². The highest BCUT2D eigenvalue weighted by atomic mass is 35.5. The fraction of sp³-hybridized carbons (Fsp3) is 0.333. The summed E-state index contributed by atoms with van der Waals surface area (Å²) in [7, 11) is 0. The predicted octanol–water partition coefficient (Wildman–Crippen LogP) is 5.23. The first kappa shape index (κ1) is 28.7. The number of hydrogen-bond donors (Lipinski definition) is 1. The summed E-state index contributed by atoms with van der Waals surface area (Å²) in [5, 5.41) is 4.18. The van der Waals surface area contributed by atoms with E-state index in [0.717, 1.165) is 36.9 Å². The van der Waals surface area contributed by atoms with Gasteiger partial charge in [-0.05, 0) is 49.8 Å². The Labute approximate surface area is 244 Å². The van der Waals surface area contributed by atoms with Gasteiger partial charge in [-0.25, -0.2) is 19.6 Å². The predicted molar refractivity (Wildman–Crippen MR) is 142 cm³/mol. The molecule has 6 rings (SSSR count). The average molecular weight is 622 g/mol.